The van der Waals surface area contributed by atoms with Crippen molar-refractivity contribution in [2.24, 2.45) is 0 Å². The Hall–Kier alpha value is -0.0900. The van der Waals surface area contributed by atoms with Gasteiger partial charge in [0.15, 0.2) is 9.84 Å². The second-order valence-corrected chi connectivity index (χ2v) is 4.78. The molecule has 1 atom stereocenters. The average molecular weight is 162 g/mol. The molecule has 0 saturated carbocycles. The first-order valence-electron chi connectivity index (χ1n) is 3.38. The molecule has 1 aliphatic rings. The van der Waals surface area contributed by atoms with Crippen LogP contribution in [0.2, 0.25) is 0 Å². The quantitative estimate of drug-likeness (QED) is 0.570. The van der Waals surface area contributed by atoms with Crippen LogP contribution in [0.3, 0.4) is 0 Å². The van der Waals surface area contributed by atoms with Gasteiger partial charge < -0.3 is 5.32 Å². The molecule has 0 bridgehead atoms. The zero-order valence-corrected chi connectivity index (χ0v) is 6.82. The monoisotopic (exact) mass is 162 g/mol. The fraction of sp³-hybridized carbons (Fsp3) is 0.833. The average Bonchev–Trinajstić information content (AvgIpc) is 1.87. The summed E-state index contributed by atoms with van der Waals surface area (Å²) >= 11 is 0. The largest absolute Gasteiger partial charge is 0.314 e. The fourth-order valence-corrected chi connectivity index (χ4v) is 2.58. The Bertz CT molecular complexity index is 198. The lowest BCUT2D eigenvalue weighted by Gasteiger charge is -2.21. The smallest absolute Gasteiger partial charge is 0.155 e. The van der Waals surface area contributed by atoms with E-state index < -0.39 is 9.84 Å². The van der Waals surface area contributed by atoms with E-state index in [2.05, 4.69) is 5.32 Å². The molecule has 1 saturated heterocycles. The number of hydrogen-bond donors (Lipinski definition) is 1. The van der Waals surface area contributed by atoms with Crippen LogP contribution in [0.15, 0.2) is 0 Å². The van der Waals surface area contributed by atoms with E-state index in [1.165, 1.54) is 0 Å². The minimum atomic E-state index is -2.79. The van der Waals surface area contributed by atoms with Gasteiger partial charge in [-0.25, -0.2) is 8.42 Å². The molecule has 0 amide bonds. The highest BCUT2D eigenvalue weighted by Crippen LogP contribution is 2.07. The lowest BCUT2D eigenvalue weighted by atomic mass is 10.3. The summed E-state index contributed by atoms with van der Waals surface area (Å²) in [6.07, 6.45) is 1.74. The number of rotatable bonds is 1. The molecule has 0 aromatic heterocycles. The molecular formula is C6H12NO2S. The molecule has 1 rings (SSSR count). The van der Waals surface area contributed by atoms with Gasteiger partial charge >= 0.3 is 0 Å². The van der Waals surface area contributed by atoms with Crippen molar-refractivity contribution in [2.45, 2.75) is 12.2 Å². The van der Waals surface area contributed by atoms with Gasteiger partial charge in [-0.1, -0.05) is 6.92 Å². The van der Waals surface area contributed by atoms with Gasteiger partial charge in [-0.3, -0.25) is 0 Å². The lowest BCUT2D eigenvalue weighted by molar-refractivity contribution is 0.558. The summed E-state index contributed by atoms with van der Waals surface area (Å²) < 4.78 is 22.3. The van der Waals surface area contributed by atoms with Gasteiger partial charge in [0.2, 0.25) is 0 Å². The van der Waals surface area contributed by atoms with Crippen LogP contribution < -0.4 is 5.32 Å². The van der Waals surface area contributed by atoms with Crippen molar-refractivity contribution in [3.63, 3.8) is 0 Å². The Balaban J connectivity index is 2.70. The molecule has 1 heterocycles. The molecule has 1 fully saturated rings. The summed E-state index contributed by atoms with van der Waals surface area (Å²) in [5, 5.41) is 2.77. The summed E-state index contributed by atoms with van der Waals surface area (Å²) in [4.78, 5) is 0. The minimum absolute atomic E-state index is 0.263. The summed E-state index contributed by atoms with van der Waals surface area (Å²) in [5.74, 6) is 0.280. The first-order valence-corrected chi connectivity index (χ1v) is 5.10. The second kappa shape index (κ2) is 2.88. The number of sulfone groups is 1. The van der Waals surface area contributed by atoms with E-state index in [-0.39, 0.29) is 11.0 Å². The molecule has 10 heavy (non-hydrogen) atoms. The lowest BCUT2D eigenvalue weighted by Crippen LogP contribution is -2.43. The molecule has 1 radical (unpaired) electrons. The maximum atomic E-state index is 11.1. The Kier molecular flexibility index (Phi) is 2.31. The fourth-order valence-electron chi connectivity index (χ4n) is 1.06. The summed E-state index contributed by atoms with van der Waals surface area (Å²) in [6.45, 7) is 2.97. The van der Waals surface area contributed by atoms with Crippen LogP contribution in [0.5, 0.6) is 0 Å². The molecule has 0 aliphatic carbocycles. The third kappa shape index (κ3) is 1.49. The second-order valence-electron chi connectivity index (χ2n) is 2.44. The van der Waals surface area contributed by atoms with E-state index in [1.807, 2.05) is 0 Å². The van der Waals surface area contributed by atoms with Crippen LogP contribution in [0.4, 0.5) is 0 Å². The van der Waals surface area contributed by atoms with E-state index >= 15 is 0 Å². The molecule has 59 valence electrons. The van der Waals surface area contributed by atoms with Crippen LogP contribution >= 0.6 is 0 Å². The predicted molar refractivity (Wildman–Crippen MR) is 40.4 cm³/mol. The van der Waals surface area contributed by atoms with E-state index in [0.29, 0.717) is 13.1 Å². The van der Waals surface area contributed by atoms with Gasteiger partial charge in [-0.05, 0) is 6.42 Å². The van der Waals surface area contributed by atoms with Crippen LogP contribution in [0.1, 0.15) is 6.92 Å². The highest BCUT2D eigenvalue weighted by Gasteiger charge is 2.26. The van der Waals surface area contributed by atoms with Crippen LogP contribution in [-0.4, -0.2) is 32.5 Å². The van der Waals surface area contributed by atoms with Gasteiger partial charge in [0.05, 0.1) is 11.0 Å². The van der Waals surface area contributed by atoms with E-state index in [9.17, 15) is 8.42 Å². The van der Waals surface area contributed by atoms with E-state index in [1.54, 1.807) is 13.3 Å². The highest BCUT2D eigenvalue weighted by atomic mass is 32.2. The molecule has 1 aliphatic heterocycles. The third-order valence-corrected chi connectivity index (χ3v) is 3.88. The highest BCUT2D eigenvalue weighted by molar-refractivity contribution is 7.92. The van der Waals surface area contributed by atoms with Gasteiger partial charge in [0, 0.05) is 13.1 Å². The van der Waals surface area contributed by atoms with Crippen molar-refractivity contribution in [1.82, 2.24) is 5.32 Å². The normalized spacial score (nSPS) is 31.9. The third-order valence-electron chi connectivity index (χ3n) is 1.74. The van der Waals surface area contributed by atoms with Gasteiger partial charge in [-0.2, -0.15) is 0 Å². The van der Waals surface area contributed by atoms with Crippen molar-refractivity contribution in [2.75, 3.05) is 18.8 Å². The van der Waals surface area contributed by atoms with E-state index in [0.717, 1.165) is 0 Å². The zero-order valence-electron chi connectivity index (χ0n) is 6.00. The maximum Gasteiger partial charge on any atom is 0.155 e. The number of nitrogens with one attached hydrogen (secondary N) is 1. The Morgan fingerprint density at radius 1 is 1.60 bits per heavy atom. The number of hydrogen-bond acceptors (Lipinski definition) is 3. The predicted octanol–water partition coefficient (Wildman–Crippen LogP) is -0.403. The first kappa shape index (κ1) is 8.01. The van der Waals surface area contributed by atoms with Crippen LogP contribution in [0.25, 0.3) is 0 Å². The van der Waals surface area contributed by atoms with Gasteiger partial charge in [0.25, 0.3) is 0 Å². The maximum absolute atomic E-state index is 11.1. The molecule has 1 unspecified atom stereocenters. The summed E-state index contributed by atoms with van der Waals surface area (Å²) in [5.41, 5.74) is 0. The zero-order chi connectivity index (χ0) is 7.61. The molecule has 4 heteroatoms. The molecule has 1 N–H and O–H groups in total. The van der Waals surface area contributed by atoms with Crippen molar-refractivity contribution in [3.05, 3.63) is 6.42 Å². The van der Waals surface area contributed by atoms with E-state index in [4.69, 9.17) is 0 Å². The molecule has 3 nitrogen and oxygen atoms in total. The van der Waals surface area contributed by atoms with Crippen molar-refractivity contribution < 1.29 is 8.42 Å². The van der Waals surface area contributed by atoms with Gasteiger partial charge in [-0.15, -0.1) is 0 Å². The minimum Gasteiger partial charge on any atom is -0.314 e. The summed E-state index contributed by atoms with van der Waals surface area (Å²) in [6, 6.07) is 0. The topological polar surface area (TPSA) is 46.2 Å². The SMILES string of the molecule is C[CH]C1CNCCS1(=O)=O. The van der Waals surface area contributed by atoms with Crippen molar-refractivity contribution >= 4 is 9.84 Å². The van der Waals surface area contributed by atoms with Crippen LogP contribution in [-0.2, 0) is 9.84 Å². The molecule has 0 spiro atoms. The molecule has 0 aromatic carbocycles. The molecular weight excluding hydrogens is 150 g/mol. The van der Waals surface area contributed by atoms with Crippen molar-refractivity contribution in [1.29, 1.82) is 0 Å². The van der Waals surface area contributed by atoms with Crippen molar-refractivity contribution in [3.8, 4) is 0 Å². The van der Waals surface area contributed by atoms with Crippen LogP contribution in [0, 0.1) is 6.42 Å². The Morgan fingerprint density at radius 3 is 2.70 bits per heavy atom. The molecule has 0 aromatic rings. The summed E-state index contributed by atoms with van der Waals surface area (Å²) in [7, 11) is -2.79. The Labute approximate surface area is 61.7 Å². The first-order chi connectivity index (χ1) is 4.67. The standard InChI is InChI=1S/C6H12NO2S/c1-2-6-5-7-3-4-10(6,8)9/h2,6-7H,3-5H2,1H3. The van der Waals surface area contributed by atoms with Gasteiger partial charge in [0.1, 0.15) is 0 Å². The Morgan fingerprint density at radius 2 is 2.30 bits per heavy atom.